The van der Waals surface area contributed by atoms with E-state index in [4.69, 9.17) is 14.2 Å². The Morgan fingerprint density at radius 2 is 1.95 bits per heavy atom. The molecule has 4 nitrogen and oxygen atoms in total. The van der Waals surface area contributed by atoms with Crippen LogP contribution >= 0.6 is 0 Å². The molecule has 0 radical (unpaired) electrons. The molecule has 1 aromatic rings. The summed E-state index contributed by atoms with van der Waals surface area (Å²) in [6.07, 6.45) is 3.53. The predicted octanol–water partition coefficient (Wildman–Crippen LogP) is 2.92. The summed E-state index contributed by atoms with van der Waals surface area (Å²) >= 11 is 0. The van der Waals surface area contributed by atoms with Gasteiger partial charge in [-0.2, -0.15) is 0 Å². The Morgan fingerprint density at radius 1 is 1.20 bits per heavy atom. The van der Waals surface area contributed by atoms with Crippen molar-refractivity contribution in [2.45, 2.75) is 37.8 Å². The molecule has 0 aliphatic heterocycles. The molecule has 1 atom stereocenters. The molecule has 0 heterocycles. The van der Waals surface area contributed by atoms with Crippen LogP contribution in [0.2, 0.25) is 0 Å². The van der Waals surface area contributed by atoms with Crippen molar-refractivity contribution in [2.24, 2.45) is 0 Å². The molecule has 112 valence electrons. The van der Waals surface area contributed by atoms with Gasteiger partial charge in [-0.05, 0) is 44.4 Å². The topological polar surface area (TPSA) is 39.7 Å². The molecule has 0 spiro atoms. The highest BCUT2D eigenvalue weighted by Gasteiger charge is 2.37. The molecule has 1 N–H and O–H groups in total. The first-order valence-corrected chi connectivity index (χ1v) is 7.14. The van der Waals surface area contributed by atoms with Crippen LogP contribution in [0.3, 0.4) is 0 Å². The molecule has 0 bridgehead atoms. The quantitative estimate of drug-likeness (QED) is 0.833. The third-order valence-corrected chi connectivity index (χ3v) is 4.33. The molecule has 1 aliphatic rings. The Hall–Kier alpha value is -1.26. The van der Waals surface area contributed by atoms with E-state index in [1.807, 2.05) is 18.2 Å². The smallest absolute Gasteiger partial charge is 0.123 e. The van der Waals surface area contributed by atoms with Crippen molar-refractivity contribution in [3.8, 4) is 11.5 Å². The molecule has 0 saturated heterocycles. The van der Waals surface area contributed by atoms with E-state index in [0.717, 1.165) is 36.4 Å². The van der Waals surface area contributed by atoms with Gasteiger partial charge in [0.25, 0.3) is 0 Å². The zero-order valence-electron chi connectivity index (χ0n) is 12.9. The van der Waals surface area contributed by atoms with Crippen LogP contribution in [0.1, 0.15) is 37.8 Å². The van der Waals surface area contributed by atoms with Gasteiger partial charge in [0.15, 0.2) is 0 Å². The van der Waals surface area contributed by atoms with E-state index in [2.05, 4.69) is 12.2 Å². The highest BCUT2D eigenvalue weighted by atomic mass is 16.5. The van der Waals surface area contributed by atoms with E-state index < -0.39 is 0 Å². The molecular weight excluding hydrogens is 254 g/mol. The van der Waals surface area contributed by atoms with Crippen molar-refractivity contribution in [2.75, 3.05) is 27.9 Å². The van der Waals surface area contributed by atoms with Gasteiger partial charge in [-0.25, -0.2) is 0 Å². The molecule has 1 unspecified atom stereocenters. The summed E-state index contributed by atoms with van der Waals surface area (Å²) in [5.74, 6) is 1.73. The molecule has 2 rings (SSSR count). The summed E-state index contributed by atoms with van der Waals surface area (Å²) in [7, 11) is 5.18. The fourth-order valence-electron chi connectivity index (χ4n) is 2.65. The van der Waals surface area contributed by atoms with Crippen LogP contribution in [-0.4, -0.2) is 33.5 Å². The SMILES string of the molecule is COc1ccc(OC)c(C(C)NCC2(OC)CCC2)c1. The summed E-state index contributed by atoms with van der Waals surface area (Å²) in [6, 6.07) is 6.07. The highest BCUT2D eigenvalue weighted by molar-refractivity contribution is 5.42. The van der Waals surface area contributed by atoms with E-state index in [0.29, 0.717) is 0 Å². The zero-order chi connectivity index (χ0) is 14.6. The maximum atomic E-state index is 5.64. The van der Waals surface area contributed by atoms with Crippen LogP contribution < -0.4 is 14.8 Å². The van der Waals surface area contributed by atoms with Crippen LogP contribution in [0.4, 0.5) is 0 Å². The molecule has 1 saturated carbocycles. The number of ether oxygens (including phenoxy) is 3. The van der Waals surface area contributed by atoms with Crippen LogP contribution in [0.5, 0.6) is 11.5 Å². The lowest BCUT2D eigenvalue weighted by Gasteiger charge is -2.41. The van der Waals surface area contributed by atoms with E-state index in [1.165, 1.54) is 6.42 Å². The summed E-state index contributed by atoms with van der Waals surface area (Å²) in [4.78, 5) is 0. The fourth-order valence-corrected chi connectivity index (χ4v) is 2.65. The lowest BCUT2D eigenvalue weighted by atomic mass is 9.79. The minimum atomic E-state index is 0.0281. The van der Waals surface area contributed by atoms with Crippen molar-refractivity contribution in [3.05, 3.63) is 23.8 Å². The molecular formula is C16H25NO3. The number of methoxy groups -OCH3 is 3. The standard InChI is InChI=1S/C16H25NO3/c1-12(17-11-16(20-4)8-5-9-16)14-10-13(18-2)6-7-15(14)19-3/h6-7,10,12,17H,5,8-9,11H2,1-4H3. The van der Waals surface area contributed by atoms with Gasteiger partial charge in [0.2, 0.25) is 0 Å². The van der Waals surface area contributed by atoms with Gasteiger partial charge in [0.1, 0.15) is 11.5 Å². The second-order valence-corrected chi connectivity index (χ2v) is 5.45. The Bertz CT molecular complexity index is 438. The molecule has 20 heavy (non-hydrogen) atoms. The zero-order valence-corrected chi connectivity index (χ0v) is 12.9. The summed E-state index contributed by atoms with van der Waals surface area (Å²) < 4.78 is 16.4. The van der Waals surface area contributed by atoms with Crippen LogP contribution in [0.25, 0.3) is 0 Å². The monoisotopic (exact) mass is 279 g/mol. The number of hydrogen-bond acceptors (Lipinski definition) is 4. The molecule has 4 heteroatoms. The van der Waals surface area contributed by atoms with E-state index in [9.17, 15) is 0 Å². The molecule has 0 aromatic heterocycles. The lowest BCUT2D eigenvalue weighted by Crippen LogP contribution is -2.48. The predicted molar refractivity (Wildman–Crippen MR) is 79.6 cm³/mol. The maximum Gasteiger partial charge on any atom is 0.123 e. The van der Waals surface area contributed by atoms with Gasteiger partial charge < -0.3 is 19.5 Å². The molecule has 1 fully saturated rings. The Balaban J connectivity index is 2.05. The van der Waals surface area contributed by atoms with Gasteiger partial charge in [-0.3, -0.25) is 0 Å². The lowest BCUT2D eigenvalue weighted by molar-refractivity contribution is -0.0706. The third-order valence-electron chi connectivity index (χ3n) is 4.33. The Labute approximate surface area is 121 Å². The van der Waals surface area contributed by atoms with Gasteiger partial charge in [0.05, 0.1) is 19.8 Å². The van der Waals surface area contributed by atoms with Crippen molar-refractivity contribution < 1.29 is 14.2 Å². The van der Waals surface area contributed by atoms with Gasteiger partial charge >= 0.3 is 0 Å². The van der Waals surface area contributed by atoms with Crippen molar-refractivity contribution >= 4 is 0 Å². The van der Waals surface area contributed by atoms with E-state index in [-0.39, 0.29) is 11.6 Å². The first-order valence-electron chi connectivity index (χ1n) is 7.14. The minimum absolute atomic E-state index is 0.0281. The van der Waals surface area contributed by atoms with E-state index >= 15 is 0 Å². The first-order chi connectivity index (χ1) is 9.64. The molecule has 0 amide bonds. The second kappa shape index (κ2) is 6.46. The van der Waals surface area contributed by atoms with Crippen LogP contribution in [0, 0.1) is 0 Å². The number of hydrogen-bond donors (Lipinski definition) is 1. The van der Waals surface area contributed by atoms with Crippen molar-refractivity contribution in [1.82, 2.24) is 5.32 Å². The number of benzene rings is 1. The average molecular weight is 279 g/mol. The van der Waals surface area contributed by atoms with Crippen molar-refractivity contribution in [1.29, 1.82) is 0 Å². The maximum absolute atomic E-state index is 5.64. The number of nitrogens with one attached hydrogen (secondary N) is 1. The fraction of sp³-hybridized carbons (Fsp3) is 0.625. The van der Waals surface area contributed by atoms with Gasteiger partial charge in [-0.15, -0.1) is 0 Å². The normalized spacial score (nSPS) is 18.2. The second-order valence-electron chi connectivity index (χ2n) is 5.45. The minimum Gasteiger partial charge on any atom is -0.497 e. The first kappa shape index (κ1) is 15.1. The Morgan fingerprint density at radius 3 is 2.45 bits per heavy atom. The van der Waals surface area contributed by atoms with Gasteiger partial charge in [0, 0.05) is 25.3 Å². The van der Waals surface area contributed by atoms with Crippen LogP contribution in [-0.2, 0) is 4.74 Å². The Kier molecular flexibility index (Phi) is 4.89. The van der Waals surface area contributed by atoms with Crippen molar-refractivity contribution in [3.63, 3.8) is 0 Å². The highest BCUT2D eigenvalue weighted by Crippen LogP contribution is 2.35. The third kappa shape index (κ3) is 3.07. The largest absolute Gasteiger partial charge is 0.497 e. The van der Waals surface area contributed by atoms with E-state index in [1.54, 1.807) is 21.3 Å². The molecule has 1 aromatic carbocycles. The average Bonchev–Trinajstić information content (AvgIpc) is 2.45. The molecule has 1 aliphatic carbocycles. The van der Waals surface area contributed by atoms with Gasteiger partial charge in [-0.1, -0.05) is 0 Å². The van der Waals surface area contributed by atoms with Crippen LogP contribution in [0.15, 0.2) is 18.2 Å². The summed E-state index contributed by atoms with van der Waals surface area (Å²) in [5, 5.41) is 3.56. The number of rotatable bonds is 7. The summed E-state index contributed by atoms with van der Waals surface area (Å²) in [6.45, 7) is 3.00. The summed E-state index contributed by atoms with van der Waals surface area (Å²) in [5.41, 5.74) is 1.14.